The van der Waals surface area contributed by atoms with Crippen LogP contribution in [0.3, 0.4) is 0 Å². The maximum atomic E-state index is 5.98. The molecule has 1 aromatic carbocycles. The number of aromatic nitrogens is 2. The second-order valence-corrected chi connectivity index (χ2v) is 10.0. The van der Waals surface area contributed by atoms with Crippen molar-refractivity contribution < 1.29 is 4.42 Å². The molecule has 1 aliphatic carbocycles. The minimum absolute atomic E-state index is 0.275. The molecule has 0 bridgehead atoms. The van der Waals surface area contributed by atoms with Crippen molar-refractivity contribution in [2.45, 2.75) is 64.3 Å². The summed E-state index contributed by atoms with van der Waals surface area (Å²) in [6.45, 7) is 8.85. The van der Waals surface area contributed by atoms with E-state index in [4.69, 9.17) is 4.42 Å². The van der Waals surface area contributed by atoms with E-state index < -0.39 is 0 Å². The first-order valence-corrected chi connectivity index (χ1v) is 12.0. The summed E-state index contributed by atoms with van der Waals surface area (Å²) in [6.07, 6.45) is 9.70. The number of likely N-dealkylation sites (tertiary alicyclic amines) is 2. The van der Waals surface area contributed by atoms with Gasteiger partial charge in [-0.25, -0.2) is 0 Å². The zero-order valence-electron chi connectivity index (χ0n) is 18.4. The van der Waals surface area contributed by atoms with E-state index in [0.717, 1.165) is 31.4 Å². The predicted molar refractivity (Wildman–Crippen MR) is 118 cm³/mol. The van der Waals surface area contributed by atoms with Crippen molar-refractivity contribution >= 4 is 0 Å². The highest BCUT2D eigenvalue weighted by atomic mass is 16.4. The van der Waals surface area contributed by atoms with Crippen molar-refractivity contribution in [3.63, 3.8) is 0 Å². The largest absolute Gasteiger partial charge is 0.425 e. The molecule has 2 aromatic rings. The second kappa shape index (κ2) is 8.80. The van der Waals surface area contributed by atoms with Gasteiger partial charge in [0, 0.05) is 33.1 Å². The Bertz CT molecular complexity index is 806. The van der Waals surface area contributed by atoms with Gasteiger partial charge in [0.05, 0.1) is 5.92 Å². The number of rotatable bonds is 5. The van der Waals surface area contributed by atoms with E-state index >= 15 is 0 Å². The molecule has 3 aliphatic rings. The number of hydrogen-bond acceptors (Lipinski definition) is 5. The van der Waals surface area contributed by atoms with Gasteiger partial charge >= 0.3 is 0 Å². The first-order chi connectivity index (χ1) is 14.7. The molecule has 0 radical (unpaired) electrons. The third-order valence-corrected chi connectivity index (χ3v) is 7.90. The highest BCUT2D eigenvalue weighted by molar-refractivity contribution is 5.17. The fourth-order valence-corrected chi connectivity index (χ4v) is 6.25. The maximum absolute atomic E-state index is 5.98. The third-order valence-electron chi connectivity index (χ3n) is 7.90. The van der Waals surface area contributed by atoms with Gasteiger partial charge < -0.3 is 9.32 Å². The summed E-state index contributed by atoms with van der Waals surface area (Å²) in [5, 5.41) is 8.64. The molecule has 3 heterocycles. The molecular weight excluding hydrogens is 372 g/mol. The molecule has 5 nitrogen and oxygen atoms in total. The van der Waals surface area contributed by atoms with Crippen molar-refractivity contribution in [1.82, 2.24) is 20.0 Å². The van der Waals surface area contributed by atoms with Gasteiger partial charge in [0.1, 0.15) is 0 Å². The molecule has 1 atom stereocenters. The Morgan fingerprint density at radius 3 is 2.47 bits per heavy atom. The van der Waals surface area contributed by atoms with Gasteiger partial charge in [-0.1, -0.05) is 49.6 Å². The van der Waals surface area contributed by atoms with Crippen LogP contribution in [0.4, 0.5) is 0 Å². The van der Waals surface area contributed by atoms with Crippen LogP contribution in [-0.2, 0) is 6.54 Å². The molecular formula is C25H36N4O. The Hall–Kier alpha value is -1.72. The summed E-state index contributed by atoms with van der Waals surface area (Å²) < 4.78 is 5.98. The smallest absolute Gasteiger partial charge is 0.221 e. The standard InChI is InChI=1S/C25H36N4O/c1-20-26-27-24(30-20)23-18-29(17-22-10-6-3-7-11-22)19-25(23)12-14-28(15-13-25)16-21-8-4-2-5-9-21/h3,6-7,10-11,21,23H,2,4-5,8-9,12-19H2,1H3. The Kier molecular flexibility index (Phi) is 5.92. The van der Waals surface area contributed by atoms with Crippen LogP contribution in [0.5, 0.6) is 0 Å². The second-order valence-electron chi connectivity index (χ2n) is 10.0. The van der Waals surface area contributed by atoms with E-state index in [1.807, 2.05) is 6.92 Å². The van der Waals surface area contributed by atoms with Crippen LogP contribution in [0.25, 0.3) is 0 Å². The first-order valence-electron chi connectivity index (χ1n) is 12.0. The van der Waals surface area contributed by atoms with E-state index in [1.165, 1.54) is 70.1 Å². The molecule has 3 fully saturated rings. The van der Waals surface area contributed by atoms with Crippen LogP contribution in [0, 0.1) is 18.3 Å². The zero-order valence-corrected chi connectivity index (χ0v) is 18.4. The van der Waals surface area contributed by atoms with E-state index in [0.29, 0.717) is 11.8 Å². The fraction of sp³-hybridized carbons (Fsp3) is 0.680. The Balaban J connectivity index is 1.28. The molecule has 162 valence electrons. The minimum atomic E-state index is 0.275. The predicted octanol–water partition coefficient (Wildman–Crippen LogP) is 4.64. The van der Waals surface area contributed by atoms with Gasteiger partial charge in [0.15, 0.2) is 0 Å². The molecule has 2 saturated heterocycles. The van der Waals surface area contributed by atoms with Crippen LogP contribution < -0.4 is 0 Å². The van der Waals surface area contributed by atoms with Gasteiger partial charge in [0.25, 0.3) is 0 Å². The lowest BCUT2D eigenvalue weighted by Gasteiger charge is -2.43. The quantitative estimate of drug-likeness (QED) is 0.721. The summed E-state index contributed by atoms with van der Waals surface area (Å²) in [4.78, 5) is 5.37. The summed E-state index contributed by atoms with van der Waals surface area (Å²) >= 11 is 0. The monoisotopic (exact) mass is 408 g/mol. The molecule has 30 heavy (non-hydrogen) atoms. The van der Waals surface area contributed by atoms with Gasteiger partial charge in [-0.05, 0) is 55.7 Å². The average molecular weight is 409 g/mol. The SMILES string of the molecule is Cc1nnc(C2CN(Cc3ccccc3)CC23CCN(CC2CCCCC2)CC3)o1. The highest BCUT2D eigenvalue weighted by Crippen LogP contribution is 2.50. The number of nitrogens with zero attached hydrogens (tertiary/aromatic N) is 4. The van der Waals surface area contributed by atoms with Crippen molar-refractivity contribution in [3.8, 4) is 0 Å². The van der Waals surface area contributed by atoms with Gasteiger partial charge in [-0.2, -0.15) is 0 Å². The van der Waals surface area contributed by atoms with E-state index in [2.05, 4.69) is 50.3 Å². The zero-order chi connectivity index (χ0) is 20.4. The summed E-state index contributed by atoms with van der Waals surface area (Å²) in [5.41, 5.74) is 1.67. The van der Waals surface area contributed by atoms with E-state index in [1.54, 1.807) is 0 Å². The van der Waals surface area contributed by atoms with Gasteiger partial charge in [0.2, 0.25) is 11.8 Å². The van der Waals surface area contributed by atoms with Gasteiger partial charge in [-0.3, -0.25) is 4.90 Å². The van der Waals surface area contributed by atoms with Crippen molar-refractivity contribution in [2.75, 3.05) is 32.7 Å². The number of benzene rings is 1. The fourth-order valence-electron chi connectivity index (χ4n) is 6.25. The summed E-state index contributed by atoms with van der Waals surface area (Å²) in [6, 6.07) is 10.9. The van der Waals surface area contributed by atoms with Crippen LogP contribution in [0.15, 0.2) is 34.7 Å². The highest BCUT2D eigenvalue weighted by Gasteiger charge is 2.50. The lowest BCUT2D eigenvalue weighted by Crippen LogP contribution is -2.45. The number of hydrogen-bond donors (Lipinski definition) is 0. The van der Waals surface area contributed by atoms with Crippen molar-refractivity contribution in [2.24, 2.45) is 11.3 Å². The number of piperidine rings is 1. The molecule has 1 saturated carbocycles. The average Bonchev–Trinajstić information content (AvgIpc) is 3.35. The van der Waals surface area contributed by atoms with Crippen molar-refractivity contribution in [3.05, 3.63) is 47.7 Å². The molecule has 5 rings (SSSR count). The van der Waals surface area contributed by atoms with E-state index in [-0.39, 0.29) is 5.41 Å². The summed E-state index contributed by atoms with van der Waals surface area (Å²) in [7, 11) is 0. The molecule has 1 unspecified atom stereocenters. The third kappa shape index (κ3) is 4.33. The van der Waals surface area contributed by atoms with Crippen LogP contribution in [-0.4, -0.2) is 52.7 Å². The lowest BCUT2D eigenvalue weighted by molar-refractivity contribution is 0.0745. The van der Waals surface area contributed by atoms with Crippen molar-refractivity contribution in [1.29, 1.82) is 0 Å². The van der Waals surface area contributed by atoms with Crippen LogP contribution in [0.1, 0.15) is 68.2 Å². The maximum Gasteiger partial charge on any atom is 0.221 e. The Morgan fingerprint density at radius 1 is 1.00 bits per heavy atom. The Morgan fingerprint density at radius 2 is 1.77 bits per heavy atom. The molecule has 1 aromatic heterocycles. The topological polar surface area (TPSA) is 45.4 Å². The van der Waals surface area contributed by atoms with Gasteiger partial charge in [-0.15, -0.1) is 10.2 Å². The van der Waals surface area contributed by atoms with E-state index in [9.17, 15) is 0 Å². The molecule has 1 spiro atoms. The summed E-state index contributed by atoms with van der Waals surface area (Å²) in [5.74, 6) is 2.85. The molecule has 0 amide bonds. The minimum Gasteiger partial charge on any atom is -0.425 e. The molecule has 5 heteroatoms. The van der Waals surface area contributed by atoms with Crippen LogP contribution in [0.2, 0.25) is 0 Å². The number of aryl methyl sites for hydroxylation is 1. The Labute approximate surface area is 180 Å². The lowest BCUT2D eigenvalue weighted by atomic mass is 9.70. The normalized spacial score (nSPS) is 25.8. The molecule has 2 aliphatic heterocycles. The van der Waals surface area contributed by atoms with Crippen LogP contribution >= 0.6 is 0 Å². The first kappa shape index (κ1) is 20.2. The molecule has 0 N–H and O–H groups in total.